The molecule has 0 aromatic carbocycles. The van der Waals surface area contributed by atoms with Crippen molar-refractivity contribution in [2.45, 2.75) is 25.6 Å². The third-order valence-corrected chi connectivity index (χ3v) is 1.53. The second-order valence-corrected chi connectivity index (χ2v) is 3.25. The van der Waals surface area contributed by atoms with E-state index in [0.29, 0.717) is 6.54 Å². The summed E-state index contributed by atoms with van der Waals surface area (Å²) in [5.41, 5.74) is -1.54. The first kappa shape index (κ1) is 12.3. The summed E-state index contributed by atoms with van der Waals surface area (Å²) in [5.74, 6) is -0.689. The molecule has 0 aromatic rings. The number of rotatable bonds is 5. The van der Waals surface area contributed by atoms with Gasteiger partial charge in [-0.2, -0.15) is 0 Å². The number of carbonyl (C=O) groups is 1. The summed E-state index contributed by atoms with van der Waals surface area (Å²) < 4.78 is 4.38. The second kappa shape index (κ2) is 5.16. The number of aliphatic hydroxyl groups excluding tert-OH is 1. The van der Waals surface area contributed by atoms with Crippen LogP contribution in [0.2, 0.25) is 0 Å². The van der Waals surface area contributed by atoms with Gasteiger partial charge in [0.2, 0.25) is 0 Å². The Morgan fingerprint density at radius 2 is 2.23 bits per heavy atom. The van der Waals surface area contributed by atoms with E-state index in [0.717, 1.165) is 0 Å². The number of nitrogens with one attached hydrogen (secondary N) is 1. The maximum Gasteiger partial charge on any atom is 0.338 e. The van der Waals surface area contributed by atoms with Crippen molar-refractivity contribution in [1.82, 2.24) is 5.32 Å². The molecule has 0 fully saturated rings. The fourth-order valence-corrected chi connectivity index (χ4v) is 0.817. The van der Waals surface area contributed by atoms with Gasteiger partial charge in [-0.3, -0.25) is 0 Å². The van der Waals surface area contributed by atoms with Gasteiger partial charge in [0.05, 0.1) is 13.2 Å². The summed E-state index contributed by atoms with van der Waals surface area (Å²) in [6.07, 6.45) is -0.506. The molecule has 0 amide bonds. The maximum absolute atomic E-state index is 10.9. The molecule has 3 N–H and O–H groups in total. The molecule has 0 heterocycles. The minimum absolute atomic E-state index is 0.0601. The summed E-state index contributed by atoms with van der Waals surface area (Å²) in [6.45, 7) is 3.35. The van der Waals surface area contributed by atoms with Crippen LogP contribution in [-0.2, 0) is 9.53 Å². The van der Waals surface area contributed by atoms with E-state index in [1.165, 1.54) is 14.0 Å². The van der Waals surface area contributed by atoms with Gasteiger partial charge in [0.1, 0.15) is 0 Å². The highest BCUT2D eigenvalue weighted by Crippen LogP contribution is 2.03. The van der Waals surface area contributed by atoms with Crippen LogP contribution < -0.4 is 5.32 Å². The molecule has 0 aromatic heterocycles. The van der Waals surface area contributed by atoms with Crippen molar-refractivity contribution in [3.05, 3.63) is 0 Å². The van der Waals surface area contributed by atoms with Gasteiger partial charge >= 0.3 is 5.97 Å². The Labute approximate surface area is 77.7 Å². The smallest absolute Gasteiger partial charge is 0.338 e. The van der Waals surface area contributed by atoms with Crippen molar-refractivity contribution in [3.8, 4) is 0 Å². The Morgan fingerprint density at radius 3 is 2.62 bits per heavy atom. The summed E-state index contributed by atoms with van der Waals surface area (Å²) in [5, 5.41) is 21.1. The maximum atomic E-state index is 10.9. The Bertz CT molecular complexity index is 168. The van der Waals surface area contributed by atoms with Crippen LogP contribution in [0.25, 0.3) is 0 Å². The molecule has 0 rings (SSSR count). The zero-order valence-corrected chi connectivity index (χ0v) is 8.20. The fraction of sp³-hybridized carbons (Fsp3) is 0.875. The highest BCUT2D eigenvalue weighted by molar-refractivity contribution is 5.78. The van der Waals surface area contributed by atoms with Gasteiger partial charge in [-0.1, -0.05) is 0 Å². The largest absolute Gasteiger partial charge is 0.467 e. The van der Waals surface area contributed by atoms with E-state index in [4.69, 9.17) is 5.11 Å². The van der Waals surface area contributed by atoms with Crippen molar-refractivity contribution in [3.63, 3.8) is 0 Å². The van der Waals surface area contributed by atoms with E-state index in [2.05, 4.69) is 10.1 Å². The third-order valence-electron chi connectivity index (χ3n) is 1.53. The average molecular weight is 191 g/mol. The van der Waals surface area contributed by atoms with Crippen molar-refractivity contribution >= 4 is 5.97 Å². The quantitative estimate of drug-likeness (QED) is 0.480. The lowest BCUT2D eigenvalue weighted by atomic mass is 10.1. The average Bonchev–Trinajstić information content (AvgIpc) is 2.01. The molecule has 0 aliphatic rings. The lowest BCUT2D eigenvalue weighted by Crippen LogP contribution is -2.46. The number of hydrogen-bond acceptors (Lipinski definition) is 5. The molecule has 0 aliphatic heterocycles. The van der Waals surface area contributed by atoms with E-state index in [9.17, 15) is 9.90 Å². The van der Waals surface area contributed by atoms with Gasteiger partial charge in [0, 0.05) is 13.1 Å². The van der Waals surface area contributed by atoms with Crippen LogP contribution in [0.5, 0.6) is 0 Å². The minimum Gasteiger partial charge on any atom is -0.467 e. The van der Waals surface area contributed by atoms with E-state index in [1.807, 2.05) is 0 Å². The van der Waals surface area contributed by atoms with Crippen LogP contribution in [0, 0.1) is 0 Å². The standard InChI is InChI=1S/C8H17NO4/c1-6(10)4-9-5-8(2,12)7(11)13-3/h6,9-10,12H,4-5H2,1-3H3. The first-order valence-electron chi connectivity index (χ1n) is 4.09. The van der Waals surface area contributed by atoms with Gasteiger partial charge < -0.3 is 20.3 Å². The zero-order valence-electron chi connectivity index (χ0n) is 8.20. The summed E-state index contributed by atoms with van der Waals surface area (Å²) >= 11 is 0. The van der Waals surface area contributed by atoms with Crippen LogP contribution >= 0.6 is 0 Å². The summed E-state index contributed by atoms with van der Waals surface area (Å²) in [7, 11) is 1.21. The molecule has 2 unspecified atom stereocenters. The molecule has 0 saturated carbocycles. The number of carbonyl (C=O) groups excluding carboxylic acids is 1. The molecule has 0 saturated heterocycles. The van der Waals surface area contributed by atoms with Crippen LogP contribution in [0.4, 0.5) is 0 Å². The number of esters is 1. The van der Waals surface area contributed by atoms with E-state index in [-0.39, 0.29) is 6.54 Å². The Balaban J connectivity index is 3.82. The molecule has 0 bridgehead atoms. The minimum atomic E-state index is -1.54. The first-order chi connectivity index (χ1) is 5.90. The number of hydrogen-bond donors (Lipinski definition) is 3. The lowest BCUT2D eigenvalue weighted by Gasteiger charge is -2.20. The molecule has 2 atom stereocenters. The number of methoxy groups -OCH3 is 1. The lowest BCUT2D eigenvalue weighted by molar-refractivity contribution is -0.160. The SMILES string of the molecule is COC(=O)C(C)(O)CNCC(C)O. The summed E-state index contributed by atoms with van der Waals surface area (Å²) in [4.78, 5) is 10.9. The second-order valence-electron chi connectivity index (χ2n) is 3.25. The topological polar surface area (TPSA) is 78.8 Å². The van der Waals surface area contributed by atoms with Crippen LogP contribution in [0.1, 0.15) is 13.8 Å². The highest BCUT2D eigenvalue weighted by Gasteiger charge is 2.30. The van der Waals surface area contributed by atoms with E-state index in [1.54, 1.807) is 6.92 Å². The molecule has 5 heteroatoms. The van der Waals surface area contributed by atoms with Gasteiger partial charge in [-0.05, 0) is 13.8 Å². The normalized spacial score (nSPS) is 17.6. The van der Waals surface area contributed by atoms with E-state index < -0.39 is 17.7 Å². The Hall–Kier alpha value is -0.650. The van der Waals surface area contributed by atoms with Crippen molar-refractivity contribution in [2.75, 3.05) is 20.2 Å². The molecule has 0 aliphatic carbocycles. The molecular formula is C8H17NO4. The van der Waals surface area contributed by atoms with Gasteiger partial charge in [-0.15, -0.1) is 0 Å². The molecule has 5 nitrogen and oxygen atoms in total. The van der Waals surface area contributed by atoms with Gasteiger partial charge in [-0.25, -0.2) is 4.79 Å². The van der Waals surface area contributed by atoms with Crippen LogP contribution in [0.15, 0.2) is 0 Å². The molecule has 78 valence electrons. The molecule has 13 heavy (non-hydrogen) atoms. The third kappa shape index (κ3) is 4.82. The van der Waals surface area contributed by atoms with Gasteiger partial charge in [0.15, 0.2) is 5.60 Å². The Kier molecular flexibility index (Phi) is 4.90. The van der Waals surface area contributed by atoms with Crippen molar-refractivity contribution in [1.29, 1.82) is 0 Å². The van der Waals surface area contributed by atoms with Crippen LogP contribution in [0.3, 0.4) is 0 Å². The predicted octanol–water partition coefficient (Wildman–Crippen LogP) is -1.12. The molecule has 0 spiro atoms. The van der Waals surface area contributed by atoms with Gasteiger partial charge in [0.25, 0.3) is 0 Å². The number of ether oxygens (including phenoxy) is 1. The summed E-state index contributed by atoms with van der Waals surface area (Å²) in [6, 6.07) is 0. The molecule has 0 radical (unpaired) electrons. The number of aliphatic hydroxyl groups is 2. The van der Waals surface area contributed by atoms with Crippen molar-refractivity contribution < 1.29 is 19.7 Å². The van der Waals surface area contributed by atoms with Crippen LogP contribution in [-0.4, -0.2) is 48.1 Å². The highest BCUT2D eigenvalue weighted by atomic mass is 16.5. The zero-order chi connectivity index (χ0) is 10.5. The first-order valence-corrected chi connectivity index (χ1v) is 4.09. The monoisotopic (exact) mass is 191 g/mol. The predicted molar refractivity (Wildman–Crippen MR) is 47.2 cm³/mol. The van der Waals surface area contributed by atoms with E-state index >= 15 is 0 Å². The Morgan fingerprint density at radius 1 is 1.69 bits per heavy atom. The van der Waals surface area contributed by atoms with Crippen molar-refractivity contribution in [2.24, 2.45) is 0 Å². The fourth-order valence-electron chi connectivity index (χ4n) is 0.817. The molecular weight excluding hydrogens is 174 g/mol.